The van der Waals surface area contributed by atoms with Gasteiger partial charge in [-0.1, -0.05) is 76.8 Å². The van der Waals surface area contributed by atoms with Gasteiger partial charge in [0.1, 0.15) is 12.1 Å². The lowest BCUT2D eigenvalue weighted by Crippen LogP contribution is -2.61. The highest BCUT2D eigenvalue weighted by Crippen LogP contribution is 2.65. The van der Waals surface area contributed by atoms with E-state index in [9.17, 15) is 32.4 Å². The summed E-state index contributed by atoms with van der Waals surface area (Å²) >= 11 is 0. The predicted molar refractivity (Wildman–Crippen MR) is 187 cm³/mol. The van der Waals surface area contributed by atoms with Gasteiger partial charge >= 0.3 is 6.03 Å². The lowest BCUT2D eigenvalue weighted by Gasteiger charge is -2.37. The van der Waals surface area contributed by atoms with Crippen LogP contribution in [0, 0.1) is 23.2 Å². The SMILES string of the molecule is CCCC(NC(=O)[C@@H]1[C@@H]2[C@H](CN1C(=O)[C@@H](NC(=O)NC(C)(C)C)C1CCCCC1)C2(C)C)C(=O)C(=O)NCCS(=O)(=O)Cc1ccccc1. The van der Waals surface area contributed by atoms with Crippen LogP contribution in [0.15, 0.2) is 30.3 Å². The number of carbonyl (C=O) groups excluding carboxylic acids is 5. The van der Waals surface area contributed by atoms with Crippen LogP contribution in [0.2, 0.25) is 0 Å². The van der Waals surface area contributed by atoms with Crippen molar-refractivity contribution in [2.24, 2.45) is 23.2 Å². The zero-order chi connectivity index (χ0) is 36.1. The first kappa shape index (κ1) is 38.3. The number of amides is 5. The molecule has 1 aromatic carbocycles. The molecule has 5 amide bonds. The zero-order valence-corrected chi connectivity index (χ0v) is 30.7. The van der Waals surface area contributed by atoms with Crippen LogP contribution in [0.25, 0.3) is 0 Å². The van der Waals surface area contributed by atoms with E-state index in [0.717, 1.165) is 32.1 Å². The molecule has 1 heterocycles. The average molecular weight is 702 g/mol. The van der Waals surface area contributed by atoms with E-state index >= 15 is 0 Å². The van der Waals surface area contributed by atoms with E-state index in [2.05, 4.69) is 35.1 Å². The number of rotatable bonds is 14. The molecule has 13 heteroatoms. The maximum Gasteiger partial charge on any atom is 0.315 e. The van der Waals surface area contributed by atoms with Gasteiger partial charge in [0, 0.05) is 18.6 Å². The summed E-state index contributed by atoms with van der Waals surface area (Å²) in [5, 5.41) is 11.0. The van der Waals surface area contributed by atoms with Gasteiger partial charge in [0.2, 0.25) is 17.6 Å². The normalized spacial score (nSPS) is 23.1. The first-order valence-electron chi connectivity index (χ1n) is 17.7. The Hall–Kier alpha value is -3.48. The molecule has 0 radical (unpaired) electrons. The van der Waals surface area contributed by atoms with Crippen molar-refractivity contribution >= 4 is 39.4 Å². The fourth-order valence-electron chi connectivity index (χ4n) is 7.64. The van der Waals surface area contributed by atoms with Gasteiger partial charge < -0.3 is 26.2 Å². The predicted octanol–water partition coefficient (Wildman–Crippen LogP) is 3.10. The number of likely N-dealkylation sites (tertiary alicyclic amines) is 1. The van der Waals surface area contributed by atoms with E-state index in [1.807, 2.05) is 27.7 Å². The first-order chi connectivity index (χ1) is 22.9. The van der Waals surface area contributed by atoms with Crippen LogP contribution in [0.5, 0.6) is 0 Å². The number of Topliss-reactive ketones (excluding diaryl/α,β-unsaturated/α-hetero) is 1. The fourth-order valence-corrected chi connectivity index (χ4v) is 8.90. The van der Waals surface area contributed by atoms with Crippen molar-refractivity contribution in [1.82, 2.24) is 26.2 Å². The molecule has 2 aliphatic carbocycles. The Morgan fingerprint density at radius 3 is 2.24 bits per heavy atom. The highest BCUT2D eigenvalue weighted by atomic mass is 32.2. The van der Waals surface area contributed by atoms with Gasteiger partial charge in [0.25, 0.3) is 5.91 Å². The number of benzene rings is 1. The highest BCUT2D eigenvalue weighted by Gasteiger charge is 2.69. The number of urea groups is 1. The number of nitrogens with zero attached hydrogens (tertiary/aromatic N) is 1. The highest BCUT2D eigenvalue weighted by molar-refractivity contribution is 7.90. The molecule has 272 valence electrons. The summed E-state index contributed by atoms with van der Waals surface area (Å²) in [4.78, 5) is 69.2. The average Bonchev–Trinajstić information content (AvgIpc) is 3.33. The van der Waals surface area contributed by atoms with Gasteiger partial charge in [0.05, 0.1) is 17.5 Å². The second-order valence-corrected chi connectivity index (χ2v) is 17.8. The van der Waals surface area contributed by atoms with Gasteiger partial charge in [-0.15, -0.1) is 0 Å². The van der Waals surface area contributed by atoms with Crippen molar-refractivity contribution in [2.75, 3.05) is 18.8 Å². The maximum absolute atomic E-state index is 14.3. The summed E-state index contributed by atoms with van der Waals surface area (Å²) in [6.07, 6.45) is 5.28. The topological polar surface area (TPSA) is 171 Å². The number of fused-ring (bicyclic) bond motifs is 1. The summed E-state index contributed by atoms with van der Waals surface area (Å²) in [6.45, 7) is 11.7. The minimum atomic E-state index is -3.54. The summed E-state index contributed by atoms with van der Waals surface area (Å²) < 4.78 is 25.1. The molecular formula is C36H55N5O7S. The monoisotopic (exact) mass is 701 g/mol. The van der Waals surface area contributed by atoms with Crippen molar-refractivity contribution in [2.45, 2.75) is 116 Å². The maximum atomic E-state index is 14.3. The smallest absolute Gasteiger partial charge is 0.315 e. The Morgan fingerprint density at radius 2 is 1.63 bits per heavy atom. The number of sulfone groups is 1. The first-order valence-corrected chi connectivity index (χ1v) is 19.5. The molecule has 0 bridgehead atoms. The number of piperidine rings is 1. The number of hydrogen-bond donors (Lipinski definition) is 4. The summed E-state index contributed by atoms with van der Waals surface area (Å²) in [5.41, 5.74) is -0.0661. The van der Waals surface area contributed by atoms with E-state index in [4.69, 9.17) is 0 Å². The van der Waals surface area contributed by atoms with Crippen LogP contribution in [-0.2, 0) is 34.8 Å². The molecule has 5 atom stereocenters. The van der Waals surface area contributed by atoms with Crippen LogP contribution in [0.3, 0.4) is 0 Å². The molecule has 4 N–H and O–H groups in total. The Kier molecular flexibility index (Phi) is 12.2. The molecule has 1 saturated heterocycles. The minimum absolute atomic E-state index is 0.0600. The van der Waals surface area contributed by atoms with Gasteiger partial charge in [-0.2, -0.15) is 0 Å². The van der Waals surface area contributed by atoms with Crippen LogP contribution in [0.1, 0.15) is 92.1 Å². The Morgan fingerprint density at radius 1 is 0.980 bits per heavy atom. The molecule has 1 aromatic rings. The van der Waals surface area contributed by atoms with E-state index in [0.29, 0.717) is 18.5 Å². The van der Waals surface area contributed by atoms with Gasteiger partial charge in [-0.25, -0.2) is 13.2 Å². The number of carbonyl (C=O) groups is 5. The lowest BCUT2D eigenvalue weighted by atomic mass is 9.83. The molecule has 3 fully saturated rings. The fraction of sp³-hybridized carbons (Fsp3) is 0.694. The van der Waals surface area contributed by atoms with E-state index in [1.165, 1.54) is 0 Å². The molecule has 1 aliphatic heterocycles. The Labute approximate surface area is 291 Å². The zero-order valence-electron chi connectivity index (χ0n) is 29.8. The van der Waals surface area contributed by atoms with Gasteiger partial charge in [0.15, 0.2) is 9.84 Å². The molecule has 0 aromatic heterocycles. The lowest BCUT2D eigenvalue weighted by molar-refractivity contribution is -0.144. The molecule has 12 nitrogen and oxygen atoms in total. The Bertz CT molecular complexity index is 1480. The third kappa shape index (κ3) is 9.82. The second kappa shape index (κ2) is 15.6. The molecule has 1 unspecified atom stereocenters. The molecule has 49 heavy (non-hydrogen) atoms. The molecule has 2 saturated carbocycles. The van der Waals surface area contributed by atoms with Crippen molar-refractivity contribution in [3.63, 3.8) is 0 Å². The van der Waals surface area contributed by atoms with E-state index < -0.39 is 57.1 Å². The molecule has 3 aliphatic rings. The van der Waals surface area contributed by atoms with Crippen molar-refractivity contribution in [1.29, 1.82) is 0 Å². The Balaban J connectivity index is 1.44. The number of ketones is 1. The number of hydrogen-bond acceptors (Lipinski definition) is 7. The summed E-state index contributed by atoms with van der Waals surface area (Å²) in [6, 6.07) is 5.47. The van der Waals surface area contributed by atoms with Crippen molar-refractivity contribution < 1.29 is 32.4 Å². The standard InChI is InChI=1S/C36H55N5O7S/c1-7-14-26(30(42)32(44)37-19-20-49(47,48)22-23-15-10-8-11-16-23)38-31(43)29-27-25(36(27,5)6)21-41(29)33(45)28(24-17-12-9-13-18-24)39-34(46)40-35(2,3)4/h8,10-11,15-16,24-29H,7,9,12-14,17-22H2,1-6H3,(H,37,44)(H,38,43)(H2,39,40,46)/t25-,26?,27-,28-,29-/m0/s1. The number of nitrogens with one attached hydrogen (secondary N) is 4. The van der Waals surface area contributed by atoms with Gasteiger partial charge in [-0.05, 0) is 68.8 Å². The van der Waals surface area contributed by atoms with Crippen molar-refractivity contribution in [3.8, 4) is 0 Å². The minimum Gasteiger partial charge on any atom is -0.348 e. The van der Waals surface area contributed by atoms with Gasteiger partial charge in [-0.3, -0.25) is 19.2 Å². The molecule has 4 rings (SSSR count). The summed E-state index contributed by atoms with van der Waals surface area (Å²) in [5.74, 6) is -3.26. The third-order valence-electron chi connectivity index (χ3n) is 10.3. The van der Waals surface area contributed by atoms with E-state index in [-0.39, 0.29) is 53.5 Å². The quantitative estimate of drug-likeness (QED) is 0.216. The van der Waals surface area contributed by atoms with Crippen LogP contribution < -0.4 is 21.3 Å². The summed E-state index contributed by atoms with van der Waals surface area (Å²) in [7, 11) is -3.54. The van der Waals surface area contributed by atoms with E-state index in [1.54, 1.807) is 35.2 Å². The molecule has 0 spiro atoms. The second-order valence-electron chi connectivity index (χ2n) is 15.7. The largest absolute Gasteiger partial charge is 0.348 e. The van der Waals surface area contributed by atoms with Crippen LogP contribution >= 0.6 is 0 Å². The van der Waals surface area contributed by atoms with Crippen LogP contribution in [-0.4, -0.2) is 85.4 Å². The van der Waals surface area contributed by atoms with Crippen LogP contribution in [0.4, 0.5) is 4.79 Å². The third-order valence-corrected chi connectivity index (χ3v) is 11.9. The molecular weight excluding hydrogens is 646 g/mol. The van der Waals surface area contributed by atoms with Crippen molar-refractivity contribution in [3.05, 3.63) is 35.9 Å².